The minimum Gasteiger partial charge on any atom is -0.337 e. The molecular formula is C17H20N4O2S. The fraction of sp³-hybridized carbons (Fsp3) is 0.471. The molecule has 1 saturated heterocycles. The van der Waals surface area contributed by atoms with Gasteiger partial charge in [-0.15, -0.1) is 11.8 Å². The molecule has 0 bridgehead atoms. The third-order valence-electron chi connectivity index (χ3n) is 4.79. The molecule has 2 N–H and O–H groups in total. The maximum Gasteiger partial charge on any atom is 0.250 e. The van der Waals surface area contributed by atoms with E-state index >= 15 is 0 Å². The van der Waals surface area contributed by atoms with Gasteiger partial charge in [0.25, 0.3) is 5.89 Å². The van der Waals surface area contributed by atoms with E-state index in [9.17, 15) is 4.79 Å². The summed E-state index contributed by atoms with van der Waals surface area (Å²) in [6.45, 7) is 0.509. The number of rotatable bonds is 4. The van der Waals surface area contributed by atoms with Crippen molar-refractivity contribution >= 4 is 17.7 Å². The fourth-order valence-electron chi connectivity index (χ4n) is 3.03. The maximum atomic E-state index is 12.6. The highest BCUT2D eigenvalue weighted by molar-refractivity contribution is 7.99. The van der Waals surface area contributed by atoms with Crippen molar-refractivity contribution in [3.8, 4) is 11.4 Å². The zero-order chi connectivity index (χ0) is 16.5. The van der Waals surface area contributed by atoms with Crippen LogP contribution in [0.3, 0.4) is 0 Å². The predicted octanol–water partition coefficient (Wildman–Crippen LogP) is 2.57. The van der Waals surface area contributed by atoms with Crippen LogP contribution < -0.4 is 5.73 Å². The summed E-state index contributed by atoms with van der Waals surface area (Å²) in [4.78, 5) is 19.0. The molecule has 2 aliphatic rings. The van der Waals surface area contributed by atoms with Gasteiger partial charge in [-0.2, -0.15) is 4.98 Å². The van der Waals surface area contributed by atoms with Crippen molar-refractivity contribution in [2.24, 2.45) is 11.7 Å². The Hall–Kier alpha value is -1.86. The lowest BCUT2D eigenvalue weighted by molar-refractivity contribution is -0.139. The van der Waals surface area contributed by atoms with E-state index in [1.54, 1.807) is 11.8 Å². The van der Waals surface area contributed by atoms with Crippen LogP contribution in [0.15, 0.2) is 28.8 Å². The Morgan fingerprint density at radius 3 is 2.79 bits per heavy atom. The van der Waals surface area contributed by atoms with Gasteiger partial charge < -0.3 is 15.2 Å². The van der Waals surface area contributed by atoms with Crippen LogP contribution in [0.25, 0.3) is 11.4 Å². The van der Waals surface area contributed by atoms with Crippen LogP contribution in [-0.2, 0) is 11.3 Å². The average molecular weight is 344 g/mol. The van der Waals surface area contributed by atoms with Crippen LogP contribution in [0.1, 0.15) is 36.8 Å². The molecule has 1 aliphatic carbocycles. The second-order valence-electron chi connectivity index (χ2n) is 6.31. The number of carbonyl (C=O) groups is 1. The Balaban J connectivity index is 1.53. The van der Waals surface area contributed by atoms with E-state index in [0.29, 0.717) is 24.1 Å². The smallest absolute Gasteiger partial charge is 0.250 e. The van der Waals surface area contributed by atoms with Crippen molar-refractivity contribution in [1.82, 2.24) is 15.0 Å². The fourth-order valence-corrected chi connectivity index (χ4v) is 4.19. The van der Waals surface area contributed by atoms with Crippen molar-refractivity contribution in [3.63, 3.8) is 0 Å². The Morgan fingerprint density at radius 1 is 1.33 bits per heavy atom. The highest BCUT2D eigenvalue weighted by Crippen LogP contribution is 2.37. The first-order valence-corrected chi connectivity index (χ1v) is 9.43. The highest BCUT2D eigenvalue weighted by Gasteiger charge is 2.39. The minimum absolute atomic E-state index is 0.104. The molecule has 126 valence electrons. The van der Waals surface area contributed by atoms with Gasteiger partial charge in [0.2, 0.25) is 11.7 Å². The Labute approximate surface area is 144 Å². The van der Waals surface area contributed by atoms with Crippen molar-refractivity contribution < 1.29 is 9.32 Å². The van der Waals surface area contributed by atoms with Crippen LogP contribution in [0.4, 0.5) is 0 Å². The Bertz CT molecular complexity index is 726. The van der Waals surface area contributed by atoms with E-state index in [-0.39, 0.29) is 17.9 Å². The second-order valence-corrected chi connectivity index (χ2v) is 7.31. The van der Waals surface area contributed by atoms with E-state index in [1.165, 1.54) is 0 Å². The molecule has 4 rings (SSSR count). The highest BCUT2D eigenvalue weighted by atomic mass is 32.2. The Kier molecular flexibility index (Phi) is 4.28. The van der Waals surface area contributed by atoms with Gasteiger partial charge in [-0.1, -0.05) is 35.8 Å². The third-order valence-corrected chi connectivity index (χ3v) is 5.81. The molecule has 24 heavy (non-hydrogen) atoms. The molecular weight excluding hydrogens is 324 g/mol. The molecule has 1 aliphatic heterocycles. The zero-order valence-corrected chi connectivity index (χ0v) is 14.2. The SMILES string of the molecule is NCc1ccc(-c2noc(C3CSCN3C(=O)C3CCC3)n2)cc1. The maximum absolute atomic E-state index is 12.6. The van der Waals surface area contributed by atoms with Crippen LogP contribution in [0.2, 0.25) is 0 Å². The van der Waals surface area contributed by atoms with Crippen molar-refractivity contribution in [3.05, 3.63) is 35.7 Å². The molecule has 6 nitrogen and oxygen atoms in total. The second kappa shape index (κ2) is 6.57. The van der Waals surface area contributed by atoms with E-state index in [1.807, 2.05) is 29.2 Å². The molecule has 1 amide bonds. The largest absolute Gasteiger partial charge is 0.337 e. The van der Waals surface area contributed by atoms with Gasteiger partial charge in [-0.05, 0) is 18.4 Å². The summed E-state index contributed by atoms with van der Waals surface area (Å²) in [7, 11) is 0. The van der Waals surface area contributed by atoms with E-state index in [4.69, 9.17) is 10.3 Å². The van der Waals surface area contributed by atoms with Gasteiger partial charge >= 0.3 is 0 Å². The summed E-state index contributed by atoms with van der Waals surface area (Å²) in [6, 6.07) is 7.70. The summed E-state index contributed by atoms with van der Waals surface area (Å²) in [5, 5.41) is 4.09. The lowest BCUT2D eigenvalue weighted by Crippen LogP contribution is -2.38. The van der Waals surface area contributed by atoms with Gasteiger partial charge in [0.1, 0.15) is 6.04 Å². The number of carbonyl (C=O) groups excluding carboxylic acids is 1. The molecule has 1 unspecified atom stereocenters. The number of benzene rings is 1. The lowest BCUT2D eigenvalue weighted by atomic mass is 9.84. The van der Waals surface area contributed by atoms with Gasteiger partial charge in [0.05, 0.1) is 5.88 Å². The molecule has 2 fully saturated rings. The molecule has 1 aromatic heterocycles. The monoisotopic (exact) mass is 344 g/mol. The predicted molar refractivity (Wildman–Crippen MR) is 91.9 cm³/mol. The van der Waals surface area contributed by atoms with Gasteiger partial charge in [-0.25, -0.2) is 0 Å². The average Bonchev–Trinajstić information content (AvgIpc) is 3.22. The van der Waals surface area contributed by atoms with E-state index in [2.05, 4.69) is 10.1 Å². The third kappa shape index (κ3) is 2.82. The number of hydrogen-bond acceptors (Lipinski definition) is 6. The minimum atomic E-state index is -0.104. The summed E-state index contributed by atoms with van der Waals surface area (Å²) in [5.41, 5.74) is 7.58. The number of amides is 1. The molecule has 0 radical (unpaired) electrons. The first-order valence-electron chi connectivity index (χ1n) is 8.27. The van der Waals surface area contributed by atoms with Gasteiger partial charge in [0.15, 0.2) is 0 Å². The van der Waals surface area contributed by atoms with Crippen LogP contribution in [0, 0.1) is 5.92 Å². The topological polar surface area (TPSA) is 85.2 Å². The van der Waals surface area contributed by atoms with Crippen LogP contribution >= 0.6 is 11.8 Å². The van der Waals surface area contributed by atoms with Gasteiger partial charge in [-0.3, -0.25) is 4.79 Å². The summed E-state index contributed by atoms with van der Waals surface area (Å²) in [6.07, 6.45) is 3.18. The van der Waals surface area contributed by atoms with E-state index < -0.39 is 0 Å². The first kappa shape index (κ1) is 15.7. The quantitative estimate of drug-likeness (QED) is 0.917. The number of nitrogens with two attached hydrogens (primary N) is 1. The van der Waals surface area contributed by atoms with Crippen molar-refractivity contribution in [2.75, 3.05) is 11.6 Å². The van der Waals surface area contributed by atoms with Crippen molar-refractivity contribution in [2.45, 2.75) is 31.8 Å². The standard InChI is InChI=1S/C17H20N4O2S/c18-8-11-4-6-12(7-5-11)15-19-16(23-20-15)14-9-24-10-21(14)17(22)13-2-1-3-13/h4-7,13-14H,1-3,8-10,18H2. The molecule has 0 spiro atoms. The summed E-state index contributed by atoms with van der Waals surface area (Å²) >= 11 is 1.74. The van der Waals surface area contributed by atoms with Crippen molar-refractivity contribution in [1.29, 1.82) is 0 Å². The molecule has 2 heterocycles. The normalized spacial score (nSPS) is 21.0. The number of hydrogen-bond donors (Lipinski definition) is 1. The molecule has 7 heteroatoms. The molecule has 1 aromatic carbocycles. The molecule has 1 saturated carbocycles. The Morgan fingerprint density at radius 2 is 2.12 bits per heavy atom. The molecule has 1 atom stereocenters. The summed E-state index contributed by atoms with van der Waals surface area (Å²) in [5.74, 6) is 3.04. The van der Waals surface area contributed by atoms with Crippen LogP contribution in [0.5, 0.6) is 0 Å². The lowest BCUT2D eigenvalue weighted by Gasteiger charge is -2.30. The number of nitrogens with zero attached hydrogens (tertiary/aromatic N) is 3. The first-order chi connectivity index (χ1) is 11.8. The zero-order valence-electron chi connectivity index (χ0n) is 13.4. The van der Waals surface area contributed by atoms with Gasteiger partial charge in [0, 0.05) is 23.8 Å². The van der Waals surface area contributed by atoms with Crippen LogP contribution in [-0.4, -0.2) is 32.6 Å². The molecule has 2 aromatic rings. The number of aromatic nitrogens is 2. The van der Waals surface area contributed by atoms with E-state index in [0.717, 1.165) is 36.1 Å². The number of thioether (sulfide) groups is 1. The summed E-state index contributed by atoms with van der Waals surface area (Å²) < 4.78 is 5.48.